The zero-order valence-corrected chi connectivity index (χ0v) is 14.9. The second kappa shape index (κ2) is 6.94. The van der Waals surface area contributed by atoms with Crippen molar-refractivity contribution in [3.63, 3.8) is 0 Å². The Kier molecular flexibility index (Phi) is 4.88. The third-order valence-corrected chi connectivity index (χ3v) is 4.74. The number of hydrogen-bond acceptors (Lipinski definition) is 5. The van der Waals surface area contributed by atoms with Crippen molar-refractivity contribution in [2.75, 3.05) is 0 Å². The molecule has 0 saturated heterocycles. The van der Waals surface area contributed by atoms with E-state index < -0.39 is 5.54 Å². The number of nitrogens with two attached hydrogens (primary N) is 1. The predicted molar refractivity (Wildman–Crippen MR) is 99.3 cm³/mol. The normalized spacial score (nSPS) is 15.8. The summed E-state index contributed by atoms with van der Waals surface area (Å²) in [5.41, 5.74) is 10.1. The van der Waals surface area contributed by atoms with Gasteiger partial charge in [0.2, 0.25) is 0 Å². The molecule has 0 unspecified atom stereocenters. The Morgan fingerprint density at radius 1 is 1.00 bits per heavy atom. The molecular formula is C19H21ClN4O. The minimum Gasteiger partial charge on any atom is -0.334 e. The molecule has 1 aromatic carbocycles. The van der Waals surface area contributed by atoms with Gasteiger partial charge in [0.15, 0.2) is 5.82 Å². The Bertz CT molecular complexity index is 854. The minimum absolute atomic E-state index is 0. The van der Waals surface area contributed by atoms with Gasteiger partial charge in [0.05, 0.1) is 11.1 Å². The van der Waals surface area contributed by atoms with Gasteiger partial charge < -0.3 is 10.3 Å². The molecule has 25 heavy (non-hydrogen) atoms. The lowest BCUT2D eigenvalue weighted by Gasteiger charge is -2.17. The van der Waals surface area contributed by atoms with E-state index in [9.17, 15) is 0 Å². The van der Waals surface area contributed by atoms with Gasteiger partial charge in [0, 0.05) is 18.0 Å². The average Bonchev–Trinajstić information content (AvgIpc) is 3.26. The Balaban J connectivity index is 0.00000182. The van der Waals surface area contributed by atoms with E-state index in [0.717, 1.165) is 42.4 Å². The molecule has 0 radical (unpaired) electrons. The lowest BCUT2D eigenvalue weighted by atomic mass is 9.98. The largest absolute Gasteiger partial charge is 0.334 e. The van der Waals surface area contributed by atoms with Gasteiger partial charge in [-0.3, -0.25) is 4.98 Å². The molecule has 1 aliphatic carbocycles. The predicted octanol–water partition coefficient (Wildman–Crippen LogP) is 4.26. The van der Waals surface area contributed by atoms with Crippen LogP contribution in [0, 0.1) is 6.92 Å². The maximum atomic E-state index is 6.41. The first-order valence-electron chi connectivity index (χ1n) is 8.30. The highest BCUT2D eigenvalue weighted by Crippen LogP contribution is 2.35. The fourth-order valence-corrected chi connectivity index (χ4v) is 3.23. The monoisotopic (exact) mass is 356 g/mol. The maximum Gasteiger partial charge on any atom is 0.259 e. The van der Waals surface area contributed by atoms with Crippen LogP contribution in [0.2, 0.25) is 0 Å². The molecule has 1 fully saturated rings. The van der Waals surface area contributed by atoms with Crippen LogP contribution in [0.3, 0.4) is 0 Å². The summed E-state index contributed by atoms with van der Waals surface area (Å²) in [6.45, 7) is 2.07. The number of pyridine rings is 1. The zero-order chi connectivity index (χ0) is 16.6. The number of benzene rings is 1. The summed E-state index contributed by atoms with van der Waals surface area (Å²) in [5, 5.41) is 4.12. The number of hydrogen-bond donors (Lipinski definition) is 1. The van der Waals surface area contributed by atoms with E-state index in [0.29, 0.717) is 11.7 Å². The van der Waals surface area contributed by atoms with Crippen LogP contribution in [-0.2, 0) is 5.54 Å². The van der Waals surface area contributed by atoms with Crippen molar-refractivity contribution in [3.05, 3.63) is 54.1 Å². The first kappa shape index (κ1) is 17.6. The van der Waals surface area contributed by atoms with Gasteiger partial charge in [-0.05, 0) is 31.4 Å². The van der Waals surface area contributed by atoms with E-state index in [1.807, 2.05) is 12.3 Å². The molecule has 6 heteroatoms. The fourth-order valence-electron chi connectivity index (χ4n) is 3.23. The molecule has 4 rings (SSSR count). The quantitative estimate of drug-likeness (QED) is 0.758. The number of rotatable bonds is 3. The highest BCUT2D eigenvalue weighted by atomic mass is 35.5. The van der Waals surface area contributed by atoms with E-state index in [1.54, 1.807) is 6.20 Å². The van der Waals surface area contributed by atoms with Crippen LogP contribution in [0.4, 0.5) is 0 Å². The first-order valence-corrected chi connectivity index (χ1v) is 8.30. The summed E-state index contributed by atoms with van der Waals surface area (Å²) in [6, 6.07) is 10.4. The molecule has 2 heterocycles. The number of aryl methyl sites for hydroxylation is 1. The smallest absolute Gasteiger partial charge is 0.259 e. The van der Waals surface area contributed by atoms with Gasteiger partial charge >= 0.3 is 0 Å². The molecule has 0 amide bonds. The molecule has 2 aromatic heterocycles. The molecule has 2 N–H and O–H groups in total. The molecule has 130 valence electrons. The van der Waals surface area contributed by atoms with E-state index >= 15 is 0 Å². The SMILES string of the molecule is Cc1ccc(-c2cncc(-c3nc(C4(N)CCCC4)no3)c2)cc1.Cl. The van der Waals surface area contributed by atoms with Crippen LogP contribution in [-0.4, -0.2) is 15.1 Å². The second-order valence-corrected chi connectivity index (χ2v) is 6.61. The van der Waals surface area contributed by atoms with Gasteiger partial charge in [-0.2, -0.15) is 4.98 Å². The van der Waals surface area contributed by atoms with Gasteiger partial charge in [-0.1, -0.05) is 47.8 Å². The molecule has 0 spiro atoms. The van der Waals surface area contributed by atoms with Gasteiger partial charge in [0.25, 0.3) is 5.89 Å². The average molecular weight is 357 g/mol. The molecule has 0 atom stereocenters. The maximum absolute atomic E-state index is 6.41. The van der Waals surface area contributed by atoms with E-state index in [4.69, 9.17) is 10.3 Å². The van der Waals surface area contributed by atoms with Crippen LogP contribution >= 0.6 is 12.4 Å². The lowest BCUT2D eigenvalue weighted by Crippen LogP contribution is -2.34. The van der Waals surface area contributed by atoms with Crippen LogP contribution in [0.15, 0.2) is 47.2 Å². The summed E-state index contributed by atoms with van der Waals surface area (Å²) < 4.78 is 5.46. The summed E-state index contributed by atoms with van der Waals surface area (Å²) in [7, 11) is 0. The molecule has 1 aliphatic rings. The highest BCUT2D eigenvalue weighted by Gasteiger charge is 2.36. The molecule has 1 saturated carbocycles. The van der Waals surface area contributed by atoms with E-state index in [2.05, 4.69) is 46.3 Å². The number of nitrogens with zero attached hydrogens (tertiary/aromatic N) is 3. The number of aromatic nitrogens is 3. The first-order chi connectivity index (χ1) is 11.6. The second-order valence-electron chi connectivity index (χ2n) is 6.61. The Morgan fingerprint density at radius 2 is 1.68 bits per heavy atom. The van der Waals surface area contributed by atoms with Crippen molar-refractivity contribution in [3.8, 4) is 22.6 Å². The van der Waals surface area contributed by atoms with Crippen molar-refractivity contribution in [1.29, 1.82) is 0 Å². The molecular weight excluding hydrogens is 336 g/mol. The molecule has 0 aliphatic heterocycles. The van der Waals surface area contributed by atoms with Crippen LogP contribution < -0.4 is 5.73 Å². The minimum atomic E-state index is -0.441. The Morgan fingerprint density at radius 3 is 2.40 bits per heavy atom. The molecule has 5 nitrogen and oxygen atoms in total. The standard InChI is InChI=1S/C19H20N4O.ClH/c1-13-4-6-14(7-5-13)15-10-16(12-21-11-15)17-22-18(23-24-17)19(20)8-2-3-9-19;/h4-7,10-12H,2-3,8-9,20H2,1H3;1H. The highest BCUT2D eigenvalue weighted by molar-refractivity contribution is 5.85. The summed E-state index contributed by atoms with van der Waals surface area (Å²) >= 11 is 0. The number of halogens is 1. The lowest BCUT2D eigenvalue weighted by molar-refractivity contribution is 0.372. The summed E-state index contributed by atoms with van der Waals surface area (Å²) in [5.74, 6) is 1.08. The van der Waals surface area contributed by atoms with Crippen molar-refractivity contribution in [2.24, 2.45) is 5.73 Å². The van der Waals surface area contributed by atoms with Gasteiger partial charge in [-0.15, -0.1) is 12.4 Å². The third-order valence-electron chi connectivity index (χ3n) is 4.74. The fraction of sp³-hybridized carbons (Fsp3) is 0.316. The van der Waals surface area contributed by atoms with Crippen molar-refractivity contribution in [1.82, 2.24) is 15.1 Å². The Labute approximate surface area is 153 Å². The van der Waals surface area contributed by atoms with E-state index in [-0.39, 0.29) is 12.4 Å². The summed E-state index contributed by atoms with van der Waals surface area (Å²) in [6.07, 6.45) is 7.64. The molecule has 3 aromatic rings. The van der Waals surface area contributed by atoms with Crippen molar-refractivity contribution >= 4 is 12.4 Å². The zero-order valence-electron chi connectivity index (χ0n) is 14.1. The topological polar surface area (TPSA) is 77.8 Å². The summed E-state index contributed by atoms with van der Waals surface area (Å²) in [4.78, 5) is 8.87. The van der Waals surface area contributed by atoms with Crippen LogP contribution in [0.5, 0.6) is 0 Å². The van der Waals surface area contributed by atoms with Gasteiger partial charge in [-0.25, -0.2) is 0 Å². The van der Waals surface area contributed by atoms with Crippen LogP contribution in [0.1, 0.15) is 37.1 Å². The molecule has 0 bridgehead atoms. The van der Waals surface area contributed by atoms with Crippen molar-refractivity contribution in [2.45, 2.75) is 38.1 Å². The Hall–Kier alpha value is -2.24. The van der Waals surface area contributed by atoms with Crippen molar-refractivity contribution < 1.29 is 4.52 Å². The van der Waals surface area contributed by atoms with E-state index in [1.165, 1.54) is 5.56 Å². The van der Waals surface area contributed by atoms with Crippen LogP contribution in [0.25, 0.3) is 22.6 Å². The van der Waals surface area contributed by atoms with Gasteiger partial charge in [0.1, 0.15) is 0 Å². The third kappa shape index (κ3) is 3.43.